The Bertz CT molecular complexity index is 940. The van der Waals surface area contributed by atoms with Gasteiger partial charge in [0.15, 0.2) is 0 Å². The minimum atomic E-state index is -0.344. The molecule has 4 heterocycles. The summed E-state index contributed by atoms with van der Waals surface area (Å²) in [6.45, 7) is 8.50. The maximum absolute atomic E-state index is 13.1. The van der Waals surface area contributed by atoms with Crippen molar-refractivity contribution in [2.24, 2.45) is 5.92 Å². The second-order valence-corrected chi connectivity index (χ2v) is 9.54. The molecular weight excluding hydrogens is 412 g/mol. The van der Waals surface area contributed by atoms with E-state index in [9.17, 15) is 9.59 Å². The first-order valence-corrected chi connectivity index (χ1v) is 11.9. The fraction of sp³-hybridized carbons (Fsp3) is 0.591. The molecule has 2 aromatic heterocycles. The molecule has 2 saturated heterocycles. The third-order valence-electron chi connectivity index (χ3n) is 6.00. The summed E-state index contributed by atoms with van der Waals surface area (Å²) in [6, 6.07) is 1.93. The summed E-state index contributed by atoms with van der Waals surface area (Å²) in [5.41, 5.74) is 3.25. The average molecular weight is 443 g/mol. The highest BCUT2D eigenvalue weighted by Crippen LogP contribution is 2.34. The molecule has 9 heteroatoms. The lowest BCUT2D eigenvalue weighted by molar-refractivity contribution is -0.125. The molecule has 166 valence electrons. The van der Waals surface area contributed by atoms with Crippen molar-refractivity contribution in [3.8, 4) is 0 Å². The van der Waals surface area contributed by atoms with Crippen LogP contribution in [0.1, 0.15) is 60.1 Å². The number of likely N-dealkylation sites (tertiary alicyclic amines) is 1. The number of aryl methyl sites for hydroxylation is 1. The Balaban J connectivity index is 1.61. The van der Waals surface area contributed by atoms with Gasteiger partial charge >= 0.3 is 0 Å². The summed E-state index contributed by atoms with van der Waals surface area (Å²) in [6.07, 6.45) is 5.31. The number of thiazole rings is 1. The second-order valence-electron chi connectivity index (χ2n) is 8.68. The highest BCUT2D eigenvalue weighted by Gasteiger charge is 2.42. The molecule has 0 bridgehead atoms. The maximum Gasteiger partial charge on any atom is 0.265 e. The molecule has 0 radical (unpaired) electrons. The van der Waals surface area contributed by atoms with E-state index >= 15 is 0 Å². The lowest BCUT2D eigenvalue weighted by Gasteiger charge is -2.27. The number of piperidine rings is 1. The zero-order chi connectivity index (χ0) is 22.0. The molecule has 31 heavy (non-hydrogen) atoms. The van der Waals surface area contributed by atoms with Gasteiger partial charge < -0.3 is 15.1 Å². The van der Waals surface area contributed by atoms with Crippen LogP contribution in [0.15, 0.2) is 17.8 Å². The van der Waals surface area contributed by atoms with Crippen LogP contribution in [0.3, 0.4) is 0 Å². The molecule has 0 saturated carbocycles. The molecule has 0 aromatic carbocycles. The van der Waals surface area contributed by atoms with Crippen LogP contribution in [0, 0.1) is 12.8 Å². The van der Waals surface area contributed by atoms with Crippen molar-refractivity contribution in [2.75, 3.05) is 31.1 Å². The number of hydrogen-bond donors (Lipinski definition) is 1. The Morgan fingerprint density at radius 2 is 1.94 bits per heavy atom. The number of aromatic nitrogens is 3. The summed E-state index contributed by atoms with van der Waals surface area (Å²) in [4.78, 5) is 44.3. The lowest BCUT2D eigenvalue weighted by Crippen LogP contribution is -2.39. The lowest BCUT2D eigenvalue weighted by atomic mass is 9.91. The number of nitrogens with one attached hydrogen (secondary N) is 1. The van der Waals surface area contributed by atoms with E-state index in [1.807, 2.05) is 26.8 Å². The quantitative estimate of drug-likeness (QED) is 0.765. The van der Waals surface area contributed by atoms with Crippen LogP contribution >= 0.6 is 11.3 Å². The van der Waals surface area contributed by atoms with Crippen LogP contribution in [0.4, 0.5) is 5.95 Å². The van der Waals surface area contributed by atoms with E-state index < -0.39 is 0 Å². The molecule has 2 aliphatic rings. The number of anilines is 1. The van der Waals surface area contributed by atoms with Gasteiger partial charge in [-0.25, -0.2) is 15.0 Å². The summed E-state index contributed by atoms with van der Waals surface area (Å²) in [5, 5.41) is 3.03. The van der Waals surface area contributed by atoms with E-state index in [-0.39, 0.29) is 29.7 Å². The minimum absolute atomic E-state index is 0.0329. The Hall–Kier alpha value is -2.55. The van der Waals surface area contributed by atoms with Gasteiger partial charge in [-0.2, -0.15) is 0 Å². The van der Waals surface area contributed by atoms with Crippen molar-refractivity contribution in [1.82, 2.24) is 25.2 Å². The first-order valence-electron chi connectivity index (χ1n) is 11.0. The smallest absolute Gasteiger partial charge is 0.265 e. The first kappa shape index (κ1) is 21.7. The number of hydrogen-bond acceptors (Lipinski definition) is 7. The molecule has 1 N–H and O–H groups in total. The molecule has 2 fully saturated rings. The van der Waals surface area contributed by atoms with Gasteiger partial charge in [-0.05, 0) is 46.1 Å². The highest BCUT2D eigenvalue weighted by molar-refractivity contribution is 7.11. The fourth-order valence-corrected chi connectivity index (χ4v) is 5.16. The Morgan fingerprint density at radius 3 is 2.61 bits per heavy atom. The summed E-state index contributed by atoms with van der Waals surface area (Å²) in [5.74, 6) is 0.124. The molecule has 4 rings (SSSR count). The summed E-state index contributed by atoms with van der Waals surface area (Å²) in [7, 11) is 0. The van der Waals surface area contributed by atoms with Gasteiger partial charge in [0.1, 0.15) is 4.88 Å². The normalized spacial score (nSPS) is 21.5. The number of carbonyl (C=O) groups is 2. The maximum atomic E-state index is 13.1. The van der Waals surface area contributed by atoms with E-state index in [4.69, 9.17) is 4.98 Å². The van der Waals surface area contributed by atoms with Crippen LogP contribution in [0.2, 0.25) is 0 Å². The summed E-state index contributed by atoms with van der Waals surface area (Å²) < 4.78 is 0. The van der Waals surface area contributed by atoms with Crippen LogP contribution in [0.25, 0.3) is 0 Å². The molecule has 8 nitrogen and oxygen atoms in total. The van der Waals surface area contributed by atoms with Crippen molar-refractivity contribution >= 4 is 29.1 Å². The largest absolute Gasteiger partial charge is 0.354 e. The van der Waals surface area contributed by atoms with Crippen molar-refractivity contribution in [1.29, 1.82) is 0 Å². The first-order chi connectivity index (χ1) is 14.9. The minimum Gasteiger partial charge on any atom is -0.354 e. The Morgan fingerprint density at radius 1 is 1.16 bits per heavy atom. The van der Waals surface area contributed by atoms with Crippen LogP contribution in [0.5, 0.6) is 0 Å². The summed E-state index contributed by atoms with van der Waals surface area (Å²) >= 11 is 1.35. The van der Waals surface area contributed by atoms with Crippen LogP contribution < -0.4 is 10.2 Å². The third-order valence-corrected chi connectivity index (χ3v) is 6.91. The number of amides is 2. The van der Waals surface area contributed by atoms with Gasteiger partial charge in [-0.15, -0.1) is 11.3 Å². The van der Waals surface area contributed by atoms with Gasteiger partial charge in [0.25, 0.3) is 5.91 Å². The molecule has 0 unspecified atom stereocenters. The van der Waals surface area contributed by atoms with E-state index in [0.29, 0.717) is 18.0 Å². The van der Waals surface area contributed by atoms with E-state index in [1.54, 1.807) is 16.6 Å². The average Bonchev–Trinajstić information content (AvgIpc) is 3.40. The molecular formula is C22H30N6O2S. The topological polar surface area (TPSA) is 91.3 Å². The van der Waals surface area contributed by atoms with Gasteiger partial charge in [0.2, 0.25) is 11.9 Å². The van der Waals surface area contributed by atoms with E-state index in [0.717, 1.165) is 43.3 Å². The van der Waals surface area contributed by atoms with Gasteiger partial charge in [0, 0.05) is 44.3 Å². The van der Waals surface area contributed by atoms with Gasteiger partial charge in [-0.3, -0.25) is 9.59 Å². The number of rotatable bonds is 5. The fourth-order valence-electron chi connectivity index (χ4n) is 4.39. The predicted molar refractivity (Wildman–Crippen MR) is 120 cm³/mol. The van der Waals surface area contributed by atoms with Crippen LogP contribution in [-0.2, 0) is 4.79 Å². The molecule has 0 aliphatic carbocycles. The van der Waals surface area contributed by atoms with Gasteiger partial charge in [-0.1, -0.05) is 0 Å². The standard InChI is InChI=1S/C22H30N6O2S/c1-14(2)25-20(29)17-12-28(21(30)19-15(3)24-13-31-19)11-16(17)18-7-8-23-22(26-18)27-9-5-4-6-10-27/h7-8,13-14,16-17H,4-6,9-12H2,1-3H3,(H,25,29)/t16-,17-/m0/s1. The zero-order valence-corrected chi connectivity index (χ0v) is 19.2. The van der Waals surface area contributed by atoms with E-state index in [1.165, 1.54) is 17.8 Å². The van der Waals surface area contributed by atoms with Crippen molar-refractivity contribution in [3.05, 3.63) is 34.0 Å². The Kier molecular flexibility index (Phi) is 6.50. The number of carbonyl (C=O) groups excluding carboxylic acids is 2. The van der Waals surface area contributed by atoms with Gasteiger partial charge in [0.05, 0.1) is 22.8 Å². The molecule has 2 aliphatic heterocycles. The van der Waals surface area contributed by atoms with Crippen LogP contribution in [-0.4, -0.2) is 63.9 Å². The predicted octanol–water partition coefficient (Wildman–Crippen LogP) is 2.61. The molecule has 2 atom stereocenters. The third kappa shape index (κ3) is 4.71. The van der Waals surface area contributed by atoms with Crippen molar-refractivity contribution in [3.63, 3.8) is 0 Å². The number of nitrogens with zero attached hydrogens (tertiary/aromatic N) is 5. The Labute approximate surface area is 187 Å². The zero-order valence-electron chi connectivity index (χ0n) is 18.4. The SMILES string of the molecule is Cc1ncsc1C(=O)N1C[C@H](C(=O)NC(C)C)[C@@H](c2ccnc(N3CCCCC3)n2)C1. The van der Waals surface area contributed by atoms with Crippen molar-refractivity contribution in [2.45, 2.75) is 52.0 Å². The molecule has 0 spiro atoms. The van der Waals surface area contributed by atoms with E-state index in [2.05, 4.69) is 20.2 Å². The highest BCUT2D eigenvalue weighted by atomic mass is 32.1. The molecule has 2 amide bonds. The molecule has 2 aromatic rings. The monoisotopic (exact) mass is 442 g/mol. The second kappa shape index (κ2) is 9.30. The van der Waals surface area contributed by atoms with Crippen molar-refractivity contribution < 1.29 is 9.59 Å².